The third kappa shape index (κ3) is 2.77. The second-order valence-corrected chi connectivity index (χ2v) is 5.49. The van der Waals surface area contributed by atoms with Gasteiger partial charge in [0.2, 0.25) is 0 Å². The third-order valence-corrected chi connectivity index (χ3v) is 4.50. The Hall–Kier alpha value is -0.830. The first kappa shape index (κ1) is 13.6. The molecule has 18 heavy (non-hydrogen) atoms. The summed E-state index contributed by atoms with van der Waals surface area (Å²) in [6.45, 7) is 1.50. The summed E-state index contributed by atoms with van der Waals surface area (Å²) in [5.74, 6) is 1.05. The minimum atomic E-state index is -2.79. The number of aryl methyl sites for hydroxylation is 1. The Kier molecular flexibility index (Phi) is 4.10. The second kappa shape index (κ2) is 5.43. The van der Waals surface area contributed by atoms with Crippen molar-refractivity contribution in [3.05, 3.63) is 29.3 Å². The predicted octanol–water partition coefficient (Wildman–Crippen LogP) is 4.79. The quantitative estimate of drug-likeness (QED) is 0.557. The maximum atomic E-state index is 12.2. The summed E-state index contributed by atoms with van der Waals surface area (Å²) in [5.41, 5.74) is 2.08. The highest BCUT2D eigenvalue weighted by Gasteiger charge is 2.28. The van der Waals surface area contributed by atoms with Crippen molar-refractivity contribution in [2.75, 3.05) is 0 Å². The summed E-state index contributed by atoms with van der Waals surface area (Å²) in [7, 11) is 0. The van der Waals surface area contributed by atoms with Gasteiger partial charge in [0, 0.05) is 0 Å². The zero-order chi connectivity index (χ0) is 13.3. The van der Waals surface area contributed by atoms with E-state index in [2.05, 4.69) is 18.6 Å². The summed E-state index contributed by atoms with van der Waals surface area (Å²) in [6.07, 6.45) is 2.02. The van der Waals surface area contributed by atoms with E-state index in [0.29, 0.717) is 11.8 Å². The summed E-state index contributed by atoms with van der Waals surface area (Å²) in [4.78, 5) is 0. The van der Waals surface area contributed by atoms with Crippen molar-refractivity contribution in [1.29, 1.82) is 0 Å². The van der Waals surface area contributed by atoms with Crippen LogP contribution in [0.25, 0.3) is 0 Å². The number of hydrogen-bond acceptors (Lipinski definition) is 1. The van der Waals surface area contributed by atoms with Gasteiger partial charge in [-0.3, -0.25) is 0 Å². The maximum Gasteiger partial charge on any atom is 0.387 e. The van der Waals surface area contributed by atoms with Crippen molar-refractivity contribution in [1.82, 2.24) is 0 Å². The highest BCUT2D eigenvalue weighted by Crippen LogP contribution is 2.41. The van der Waals surface area contributed by atoms with Gasteiger partial charge in [0.25, 0.3) is 0 Å². The van der Waals surface area contributed by atoms with Crippen molar-refractivity contribution in [2.24, 2.45) is 11.8 Å². The molecule has 3 unspecified atom stereocenters. The van der Waals surface area contributed by atoms with Gasteiger partial charge in [-0.1, -0.05) is 19.9 Å². The number of hydrogen-bond donors (Lipinski definition) is 0. The lowest BCUT2D eigenvalue weighted by Crippen LogP contribution is -2.11. The van der Waals surface area contributed by atoms with Crippen LogP contribution in [0.1, 0.15) is 36.8 Å². The largest absolute Gasteiger partial charge is 0.435 e. The molecule has 0 N–H and O–H groups in total. The van der Waals surface area contributed by atoms with E-state index in [1.807, 2.05) is 6.07 Å². The molecule has 0 saturated heterocycles. The SMILES string of the molecule is CC1CCc2ccc(OC(F)F)cc2C(Cl)C1C. The van der Waals surface area contributed by atoms with Gasteiger partial charge < -0.3 is 4.74 Å². The van der Waals surface area contributed by atoms with Crippen LogP contribution in [0.5, 0.6) is 5.75 Å². The van der Waals surface area contributed by atoms with Gasteiger partial charge in [0.15, 0.2) is 0 Å². The zero-order valence-corrected chi connectivity index (χ0v) is 11.3. The first-order chi connectivity index (χ1) is 8.49. The fourth-order valence-corrected chi connectivity index (χ4v) is 2.90. The molecular formula is C14H17ClF2O. The Morgan fingerprint density at radius 3 is 2.72 bits per heavy atom. The summed E-state index contributed by atoms with van der Waals surface area (Å²) in [6, 6.07) is 5.11. The summed E-state index contributed by atoms with van der Waals surface area (Å²) in [5, 5.41) is -0.140. The Morgan fingerprint density at radius 1 is 1.33 bits per heavy atom. The molecule has 1 aliphatic rings. The van der Waals surface area contributed by atoms with Crippen LogP contribution in [-0.4, -0.2) is 6.61 Å². The molecule has 2 rings (SSSR count). The van der Waals surface area contributed by atoms with E-state index in [1.165, 1.54) is 0 Å². The van der Waals surface area contributed by atoms with Crippen molar-refractivity contribution in [3.63, 3.8) is 0 Å². The molecule has 100 valence electrons. The van der Waals surface area contributed by atoms with E-state index in [1.54, 1.807) is 12.1 Å². The van der Waals surface area contributed by atoms with Gasteiger partial charge in [0.1, 0.15) is 5.75 Å². The van der Waals surface area contributed by atoms with Crippen LogP contribution < -0.4 is 4.74 Å². The molecule has 0 bridgehead atoms. The predicted molar refractivity (Wildman–Crippen MR) is 68.3 cm³/mol. The fourth-order valence-electron chi connectivity index (χ4n) is 2.45. The first-order valence-electron chi connectivity index (χ1n) is 6.20. The van der Waals surface area contributed by atoms with E-state index in [0.717, 1.165) is 24.0 Å². The Morgan fingerprint density at radius 2 is 2.06 bits per heavy atom. The summed E-state index contributed by atoms with van der Waals surface area (Å²) < 4.78 is 28.9. The van der Waals surface area contributed by atoms with Gasteiger partial charge in [0.05, 0.1) is 5.38 Å². The van der Waals surface area contributed by atoms with Crippen LogP contribution >= 0.6 is 11.6 Å². The molecular weight excluding hydrogens is 258 g/mol. The molecule has 0 saturated carbocycles. The minimum absolute atomic E-state index is 0.140. The van der Waals surface area contributed by atoms with Gasteiger partial charge in [-0.2, -0.15) is 8.78 Å². The summed E-state index contributed by atoms with van der Waals surface area (Å²) >= 11 is 6.46. The molecule has 0 heterocycles. The molecule has 0 radical (unpaired) electrons. The van der Waals surface area contributed by atoms with E-state index in [-0.39, 0.29) is 11.1 Å². The first-order valence-corrected chi connectivity index (χ1v) is 6.64. The molecule has 1 aromatic carbocycles. The Labute approximate surface area is 111 Å². The van der Waals surface area contributed by atoms with Crippen molar-refractivity contribution < 1.29 is 13.5 Å². The molecule has 0 spiro atoms. The molecule has 4 heteroatoms. The lowest BCUT2D eigenvalue weighted by molar-refractivity contribution is -0.0499. The fraction of sp³-hybridized carbons (Fsp3) is 0.571. The molecule has 1 aromatic rings. The van der Waals surface area contributed by atoms with Crippen LogP contribution in [0.15, 0.2) is 18.2 Å². The smallest absolute Gasteiger partial charge is 0.387 e. The van der Waals surface area contributed by atoms with E-state index < -0.39 is 6.61 Å². The standard InChI is InChI=1S/C14H17ClF2O/c1-8-3-4-10-5-6-11(18-14(16)17)7-12(10)13(15)9(8)2/h5-9,13-14H,3-4H2,1-2H3. The number of halogens is 3. The molecule has 3 atom stereocenters. The second-order valence-electron chi connectivity index (χ2n) is 5.02. The number of ether oxygens (including phenoxy) is 1. The van der Waals surface area contributed by atoms with Gasteiger partial charge in [-0.05, 0) is 47.9 Å². The van der Waals surface area contributed by atoms with E-state index in [4.69, 9.17) is 11.6 Å². The molecule has 0 fully saturated rings. The average molecular weight is 275 g/mol. The lowest BCUT2D eigenvalue weighted by atomic mass is 9.90. The van der Waals surface area contributed by atoms with Gasteiger partial charge >= 0.3 is 6.61 Å². The van der Waals surface area contributed by atoms with Gasteiger partial charge in [-0.25, -0.2) is 0 Å². The monoisotopic (exact) mass is 274 g/mol. The van der Waals surface area contributed by atoms with Crippen LogP contribution in [-0.2, 0) is 6.42 Å². The molecule has 0 aromatic heterocycles. The number of benzene rings is 1. The van der Waals surface area contributed by atoms with Crippen molar-refractivity contribution in [2.45, 2.75) is 38.7 Å². The van der Waals surface area contributed by atoms with Crippen molar-refractivity contribution in [3.8, 4) is 5.75 Å². The highest BCUT2D eigenvalue weighted by atomic mass is 35.5. The number of alkyl halides is 3. The molecule has 1 nitrogen and oxygen atoms in total. The third-order valence-electron chi connectivity index (χ3n) is 3.87. The maximum absolute atomic E-state index is 12.2. The van der Waals surface area contributed by atoms with Gasteiger partial charge in [-0.15, -0.1) is 11.6 Å². The average Bonchev–Trinajstić information content (AvgIpc) is 2.42. The van der Waals surface area contributed by atoms with Crippen LogP contribution in [0.2, 0.25) is 0 Å². The lowest BCUT2D eigenvalue weighted by Gasteiger charge is -2.22. The van der Waals surface area contributed by atoms with Crippen LogP contribution in [0, 0.1) is 11.8 Å². The normalized spacial score (nSPS) is 27.8. The van der Waals surface area contributed by atoms with Crippen LogP contribution in [0.3, 0.4) is 0 Å². The zero-order valence-electron chi connectivity index (χ0n) is 10.5. The van der Waals surface area contributed by atoms with E-state index in [9.17, 15) is 8.78 Å². The topological polar surface area (TPSA) is 9.23 Å². The molecule has 0 amide bonds. The Balaban J connectivity index is 2.33. The van der Waals surface area contributed by atoms with E-state index >= 15 is 0 Å². The molecule has 0 aliphatic heterocycles. The minimum Gasteiger partial charge on any atom is -0.435 e. The highest BCUT2D eigenvalue weighted by molar-refractivity contribution is 6.21. The number of rotatable bonds is 2. The Bertz CT molecular complexity index is 422. The number of fused-ring (bicyclic) bond motifs is 1. The molecule has 1 aliphatic carbocycles. The van der Waals surface area contributed by atoms with Crippen LogP contribution in [0.4, 0.5) is 8.78 Å². The van der Waals surface area contributed by atoms with Crippen molar-refractivity contribution >= 4 is 11.6 Å².